The Balaban J connectivity index is 1.39. The predicted octanol–water partition coefficient (Wildman–Crippen LogP) is 2.99. The standard InChI is InChI=1S/C21H26N4O4/c1-15(2)29-18-6-4-3-5-17(18)24-20-22-13-16(14-23-20)19(26)25-9-7-21(8-10-25)27-11-12-28-21/h3-6,13-15H,7-12H2,1-2H3,(H,22,23,24). The summed E-state index contributed by atoms with van der Waals surface area (Å²) in [5.74, 6) is 0.566. The van der Waals surface area contributed by atoms with E-state index in [0.717, 1.165) is 11.4 Å². The lowest BCUT2D eigenvalue weighted by Crippen LogP contribution is -2.47. The molecule has 1 N–H and O–H groups in total. The first-order chi connectivity index (χ1) is 14.0. The highest BCUT2D eigenvalue weighted by atomic mass is 16.7. The van der Waals surface area contributed by atoms with Gasteiger partial charge in [0.25, 0.3) is 5.91 Å². The number of hydrogen-bond acceptors (Lipinski definition) is 7. The van der Waals surface area contributed by atoms with Crippen molar-refractivity contribution in [2.24, 2.45) is 0 Å². The zero-order chi connectivity index (χ0) is 20.3. The summed E-state index contributed by atoms with van der Waals surface area (Å²) in [4.78, 5) is 23.2. The van der Waals surface area contributed by atoms with Crippen molar-refractivity contribution < 1.29 is 19.0 Å². The topological polar surface area (TPSA) is 85.8 Å². The van der Waals surface area contributed by atoms with Gasteiger partial charge in [0.15, 0.2) is 5.79 Å². The van der Waals surface area contributed by atoms with Crippen molar-refractivity contribution in [1.29, 1.82) is 0 Å². The van der Waals surface area contributed by atoms with Gasteiger partial charge in [-0.2, -0.15) is 0 Å². The maximum absolute atomic E-state index is 12.8. The molecule has 2 aliphatic heterocycles. The van der Waals surface area contributed by atoms with E-state index in [2.05, 4.69) is 15.3 Å². The number of hydrogen-bond donors (Lipinski definition) is 1. The molecule has 1 aromatic carbocycles. The van der Waals surface area contributed by atoms with Crippen molar-refractivity contribution in [3.05, 3.63) is 42.2 Å². The molecule has 0 aliphatic carbocycles. The first-order valence-corrected chi connectivity index (χ1v) is 9.97. The van der Waals surface area contributed by atoms with Crippen LogP contribution in [0.3, 0.4) is 0 Å². The van der Waals surface area contributed by atoms with E-state index in [1.54, 1.807) is 17.3 Å². The maximum Gasteiger partial charge on any atom is 0.256 e. The van der Waals surface area contributed by atoms with Crippen LogP contribution in [0.25, 0.3) is 0 Å². The van der Waals surface area contributed by atoms with Crippen LogP contribution in [0.5, 0.6) is 5.75 Å². The Hall–Kier alpha value is -2.71. The molecule has 0 radical (unpaired) electrons. The normalized spacial score (nSPS) is 18.2. The van der Waals surface area contributed by atoms with E-state index in [0.29, 0.717) is 50.7 Å². The van der Waals surface area contributed by atoms with Gasteiger partial charge < -0.3 is 24.4 Å². The monoisotopic (exact) mass is 398 g/mol. The van der Waals surface area contributed by atoms with Gasteiger partial charge in [0.05, 0.1) is 30.6 Å². The highest BCUT2D eigenvalue weighted by Crippen LogP contribution is 2.32. The minimum absolute atomic E-state index is 0.0579. The second-order valence-corrected chi connectivity index (χ2v) is 7.48. The van der Waals surface area contributed by atoms with Crippen molar-refractivity contribution in [3.63, 3.8) is 0 Å². The molecule has 4 rings (SSSR count). The number of carbonyl (C=O) groups is 1. The Morgan fingerprint density at radius 2 is 1.79 bits per heavy atom. The lowest BCUT2D eigenvalue weighted by atomic mass is 10.0. The summed E-state index contributed by atoms with van der Waals surface area (Å²) in [6, 6.07) is 7.61. The molecule has 0 saturated carbocycles. The van der Waals surface area contributed by atoms with Crippen LogP contribution in [-0.2, 0) is 9.47 Å². The van der Waals surface area contributed by atoms with E-state index < -0.39 is 5.79 Å². The smallest absolute Gasteiger partial charge is 0.256 e. The molecule has 1 aromatic heterocycles. The fourth-order valence-corrected chi connectivity index (χ4v) is 3.57. The van der Waals surface area contributed by atoms with Gasteiger partial charge in [-0.05, 0) is 26.0 Å². The Morgan fingerprint density at radius 1 is 1.14 bits per heavy atom. The van der Waals surface area contributed by atoms with Crippen LogP contribution in [0.15, 0.2) is 36.7 Å². The number of aromatic nitrogens is 2. The molecule has 0 atom stereocenters. The third-order valence-electron chi connectivity index (χ3n) is 5.02. The number of anilines is 2. The maximum atomic E-state index is 12.8. The third kappa shape index (κ3) is 4.49. The van der Waals surface area contributed by atoms with Gasteiger partial charge in [-0.3, -0.25) is 4.79 Å². The molecule has 29 heavy (non-hydrogen) atoms. The van der Waals surface area contributed by atoms with Gasteiger partial charge in [0.2, 0.25) is 5.95 Å². The largest absolute Gasteiger partial charge is 0.489 e. The number of ether oxygens (including phenoxy) is 3. The first kappa shape index (κ1) is 19.6. The number of rotatable bonds is 5. The summed E-state index contributed by atoms with van der Waals surface area (Å²) in [5, 5.41) is 3.15. The lowest BCUT2D eigenvalue weighted by Gasteiger charge is -2.37. The average Bonchev–Trinajstić information content (AvgIpc) is 3.18. The summed E-state index contributed by atoms with van der Waals surface area (Å²) in [6.45, 7) is 6.39. The van der Waals surface area contributed by atoms with E-state index in [1.807, 2.05) is 38.1 Å². The van der Waals surface area contributed by atoms with Gasteiger partial charge in [-0.1, -0.05) is 12.1 Å². The first-order valence-electron chi connectivity index (χ1n) is 9.97. The summed E-state index contributed by atoms with van der Waals surface area (Å²) < 4.78 is 17.2. The van der Waals surface area contributed by atoms with Gasteiger partial charge in [-0.25, -0.2) is 9.97 Å². The van der Waals surface area contributed by atoms with E-state index in [1.165, 1.54) is 0 Å². The van der Waals surface area contributed by atoms with E-state index in [4.69, 9.17) is 14.2 Å². The zero-order valence-electron chi connectivity index (χ0n) is 16.8. The number of nitrogens with one attached hydrogen (secondary N) is 1. The predicted molar refractivity (Wildman–Crippen MR) is 107 cm³/mol. The molecular weight excluding hydrogens is 372 g/mol. The molecule has 2 fully saturated rings. The second kappa shape index (κ2) is 8.34. The van der Waals surface area contributed by atoms with Crippen LogP contribution in [-0.4, -0.2) is 59.0 Å². The number of amides is 1. The molecule has 2 aromatic rings. The van der Waals surface area contributed by atoms with Crippen LogP contribution in [0.4, 0.5) is 11.6 Å². The molecule has 154 valence electrons. The van der Waals surface area contributed by atoms with Gasteiger partial charge >= 0.3 is 0 Å². The van der Waals surface area contributed by atoms with Crippen LogP contribution < -0.4 is 10.1 Å². The van der Waals surface area contributed by atoms with Crippen LogP contribution >= 0.6 is 0 Å². The number of carbonyl (C=O) groups excluding carboxylic acids is 1. The van der Waals surface area contributed by atoms with Crippen molar-refractivity contribution in [3.8, 4) is 5.75 Å². The van der Waals surface area contributed by atoms with E-state index in [-0.39, 0.29) is 12.0 Å². The highest BCUT2D eigenvalue weighted by Gasteiger charge is 2.40. The summed E-state index contributed by atoms with van der Waals surface area (Å²) in [6.07, 6.45) is 4.53. The molecule has 2 saturated heterocycles. The third-order valence-corrected chi connectivity index (χ3v) is 5.02. The zero-order valence-corrected chi connectivity index (χ0v) is 16.8. The summed E-state index contributed by atoms with van der Waals surface area (Å²) in [7, 11) is 0. The second-order valence-electron chi connectivity index (χ2n) is 7.48. The Labute approximate surface area is 170 Å². The van der Waals surface area contributed by atoms with Gasteiger partial charge in [-0.15, -0.1) is 0 Å². The Morgan fingerprint density at radius 3 is 2.45 bits per heavy atom. The number of likely N-dealkylation sites (tertiary alicyclic amines) is 1. The van der Waals surface area contributed by atoms with Crippen LogP contribution in [0.1, 0.15) is 37.0 Å². The highest BCUT2D eigenvalue weighted by molar-refractivity contribution is 5.93. The molecular formula is C21H26N4O4. The minimum atomic E-state index is -0.494. The van der Waals surface area contributed by atoms with Crippen molar-refractivity contribution >= 4 is 17.5 Å². The molecule has 8 heteroatoms. The quantitative estimate of drug-likeness (QED) is 0.829. The SMILES string of the molecule is CC(C)Oc1ccccc1Nc1ncc(C(=O)N2CCC3(CC2)OCCO3)cn1. The Kier molecular flexibility index (Phi) is 5.64. The fourth-order valence-electron chi connectivity index (χ4n) is 3.57. The van der Waals surface area contributed by atoms with E-state index >= 15 is 0 Å². The molecule has 8 nitrogen and oxygen atoms in total. The molecule has 1 spiro atoms. The van der Waals surface area contributed by atoms with Crippen LogP contribution in [0.2, 0.25) is 0 Å². The fraction of sp³-hybridized carbons (Fsp3) is 0.476. The molecule has 2 aliphatic rings. The van der Waals surface area contributed by atoms with Crippen molar-refractivity contribution in [2.75, 3.05) is 31.6 Å². The lowest BCUT2D eigenvalue weighted by molar-refractivity contribution is -0.181. The number of piperidine rings is 1. The average molecular weight is 398 g/mol. The Bertz CT molecular complexity index is 840. The molecule has 1 amide bonds. The van der Waals surface area contributed by atoms with Crippen molar-refractivity contribution in [1.82, 2.24) is 14.9 Å². The molecule has 0 bridgehead atoms. The number of benzene rings is 1. The van der Waals surface area contributed by atoms with E-state index in [9.17, 15) is 4.79 Å². The molecule has 3 heterocycles. The number of nitrogens with zero attached hydrogens (tertiary/aromatic N) is 3. The van der Waals surface area contributed by atoms with Crippen molar-refractivity contribution in [2.45, 2.75) is 38.6 Å². The van der Waals surface area contributed by atoms with Crippen LogP contribution in [0, 0.1) is 0 Å². The minimum Gasteiger partial charge on any atom is -0.489 e. The van der Waals surface area contributed by atoms with Gasteiger partial charge in [0.1, 0.15) is 5.75 Å². The van der Waals surface area contributed by atoms with Gasteiger partial charge in [0, 0.05) is 38.3 Å². The molecule has 0 unspecified atom stereocenters. The number of para-hydroxylation sites is 2. The summed E-state index contributed by atoms with van der Waals surface area (Å²) in [5.41, 5.74) is 1.24. The summed E-state index contributed by atoms with van der Waals surface area (Å²) >= 11 is 0.